The van der Waals surface area contributed by atoms with E-state index in [0.717, 1.165) is 16.3 Å². The Balaban J connectivity index is 1.56. The van der Waals surface area contributed by atoms with E-state index in [-0.39, 0.29) is 5.15 Å². The van der Waals surface area contributed by atoms with Gasteiger partial charge in [-0.05, 0) is 42.5 Å². The quantitative estimate of drug-likeness (QED) is 0.176. The zero-order valence-corrected chi connectivity index (χ0v) is 18.8. The smallest absolute Gasteiger partial charge is 0.345 e. The van der Waals surface area contributed by atoms with Crippen LogP contribution in [0.15, 0.2) is 69.2 Å². The van der Waals surface area contributed by atoms with Gasteiger partial charge in [-0.15, -0.1) is 11.3 Å². The third-order valence-corrected chi connectivity index (χ3v) is 6.25. The maximum atomic E-state index is 12.5. The fourth-order valence-electron chi connectivity index (χ4n) is 3.43. The molecule has 33 heavy (non-hydrogen) atoms. The molecule has 0 radical (unpaired) electrons. The highest BCUT2D eigenvalue weighted by Crippen LogP contribution is 2.30. The molecule has 0 N–H and O–H groups in total. The summed E-state index contributed by atoms with van der Waals surface area (Å²) >= 11 is 7.64. The summed E-state index contributed by atoms with van der Waals surface area (Å²) in [4.78, 5) is 21.4. The molecule has 0 saturated heterocycles. The normalized spacial score (nSPS) is 11.6. The van der Waals surface area contributed by atoms with Gasteiger partial charge in [0.15, 0.2) is 0 Å². The number of thiazole rings is 1. The Kier molecular flexibility index (Phi) is 5.38. The van der Waals surface area contributed by atoms with Gasteiger partial charge >= 0.3 is 5.63 Å². The van der Waals surface area contributed by atoms with Crippen molar-refractivity contribution in [2.45, 2.75) is 0 Å². The van der Waals surface area contributed by atoms with Crippen LogP contribution in [0.25, 0.3) is 44.8 Å². The summed E-state index contributed by atoms with van der Waals surface area (Å²) in [7, 11) is 1.59. The molecular weight excluding hydrogens is 458 g/mol. The number of fused-ring (bicyclic) bond motifs is 2. The van der Waals surface area contributed by atoms with Gasteiger partial charge in [0.1, 0.15) is 27.6 Å². The number of nitriles is 1. The number of nitrogens with zero attached hydrogens (tertiary/aromatic N) is 3. The van der Waals surface area contributed by atoms with E-state index in [4.69, 9.17) is 20.8 Å². The number of pyridine rings is 1. The maximum absolute atomic E-state index is 12.5. The van der Waals surface area contributed by atoms with Gasteiger partial charge in [0.25, 0.3) is 0 Å². The number of hydrogen-bond donors (Lipinski definition) is 0. The van der Waals surface area contributed by atoms with Crippen LogP contribution in [-0.4, -0.2) is 17.1 Å². The van der Waals surface area contributed by atoms with E-state index in [1.54, 1.807) is 36.8 Å². The number of hydrogen-bond acceptors (Lipinski definition) is 7. The van der Waals surface area contributed by atoms with E-state index >= 15 is 0 Å². The summed E-state index contributed by atoms with van der Waals surface area (Å²) in [5.74, 6) is 0.695. The van der Waals surface area contributed by atoms with Crippen LogP contribution >= 0.6 is 22.9 Å². The van der Waals surface area contributed by atoms with Crippen LogP contribution in [0.4, 0.5) is 0 Å². The van der Waals surface area contributed by atoms with Gasteiger partial charge in [-0.1, -0.05) is 29.8 Å². The van der Waals surface area contributed by atoms with Gasteiger partial charge in [-0.25, -0.2) is 14.8 Å². The highest BCUT2D eigenvalue weighted by Gasteiger charge is 2.15. The highest BCUT2D eigenvalue weighted by atomic mass is 35.5. The number of ether oxygens (including phenoxy) is 1. The summed E-state index contributed by atoms with van der Waals surface area (Å²) < 4.78 is 10.7. The van der Waals surface area contributed by atoms with Crippen molar-refractivity contribution in [1.29, 1.82) is 5.26 Å². The number of para-hydroxylation sites is 1. The van der Waals surface area contributed by atoms with Crippen molar-refractivity contribution in [1.82, 2.24) is 9.97 Å². The van der Waals surface area contributed by atoms with Crippen LogP contribution in [0.2, 0.25) is 5.15 Å². The molecule has 0 saturated carbocycles. The first-order valence-electron chi connectivity index (χ1n) is 9.81. The van der Waals surface area contributed by atoms with E-state index in [0.29, 0.717) is 38.7 Å². The highest BCUT2D eigenvalue weighted by molar-refractivity contribution is 7.11. The molecule has 0 unspecified atom stereocenters. The van der Waals surface area contributed by atoms with Crippen LogP contribution in [0.3, 0.4) is 0 Å². The van der Waals surface area contributed by atoms with Crippen molar-refractivity contribution in [3.63, 3.8) is 0 Å². The Hall–Kier alpha value is -3.99. The SMILES string of the molecule is COc1ccc2nc(Cl)c(C=C(C#N)c3nc(-c4cc5ccccc5oc4=O)cs3)cc2c1. The Morgan fingerprint density at radius 3 is 2.82 bits per heavy atom. The first-order chi connectivity index (χ1) is 16.1. The molecule has 160 valence electrons. The molecule has 5 rings (SSSR count). The molecule has 6 nitrogen and oxygen atoms in total. The minimum atomic E-state index is -0.483. The van der Waals surface area contributed by atoms with Gasteiger partial charge in [0, 0.05) is 21.7 Å². The molecule has 0 atom stereocenters. The topological polar surface area (TPSA) is 89.0 Å². The van der Waals surface area contributed by atoms with Crippen molar-refractivity contribution >= 4 is 56.5 Å². The van der Waals surface area contributed by atoms with E-state index in [1.165, 1.54) is 11.3 Å². The lowest BCUT2D eigenvalue weighted by Crippen LogP contribution is -2.02. The zero-order chi connectivity index (χ0) is 22.9. The standard InChI is InChI=1S/C25H14ClN3O3S/c1-31-18-6-7-20-15(10-18)8-16(23(26)28-20)9-17(12-27)24-29-21(13-33-24)19-11-14-4-2-3-5-22(14)32-25(19)30/h2-11,13H,1H3. The van der Waals surface area contributed by atoms with E-state index < -0.39 is 5.63 Å². The van der Waals surface area contributed by atoms with Crippen molar-refractivity contribution < 1.29 is 9.15 Å². The molecule has 8 heteroatoms. The monoisotopic (exact) mass is 471 g/mol. The van der Waals surface area contributed by atoms with Crippen molar-refractivity contribution in [2.24, 2.45) is 0 Å². The summed E-state index contributed by atoms with van der Waals surface area (Å²) in [6.07, 6.45) is 1.64. The molecular formula is C25H14ClN3O3S. The first kappa shape index (κ1) is 20.9. The number of allylic oxidation sites excluding steroid dienone is 1. The molecule has 0 amide bonds. The molecule has 0 aliphatic carbocycles. The lowest BCUT2D eigenvalue weighted by atomic mass is 10.1. The summed E-state index contributed by atoms with van der Waals surface area (Å²) in [5.41, 5.74) is 2.42. The first-order valence-corrected chi connectivity index (χ1v) is 11.1. The number of aromatic nitrogens is 2. The van der Waals surface area contributed by atoms with Crippen LogP contribution < -0.4 is 10.4 Å². The average Bonchev–Trinajstić information content (AvgIpc) is 3.31. The molecule has 0 fully saturated rings. The lowest BCUT2D eigenvalue weighted by molar-refractivity contribution is 0.415. The van der Waals surface area contributed by atoms with Gasteiger partial charge in [-0.2, -0.15) is 5.26 Å². The predicted octanol–water partition coefficient (Wildman–Crippen LogP) is 6.19. The zero-order valence-electron chi connectivity index (χ0n) is 17.2. The Bertz CT molecular complexity index is 1660. The van der Waals surface area contributed by atoms with Crippen LogP contribution in [0.5, 0.6) is 5.75 Å². The Morgan fingerprint density at radius 1 is 1.15 bits per heavy atom. The molecule has 3 heterocycles. The molecule has 0 bridgehead atoms. The largest absolute Gasteiger partial charge is 0.497 e. The second kappa shape index (κ2) is 8.51. The number of rotatable bonds is 4. The molecule has 3 aromatic heterocycles. The molecule has 0 spiro atoms. The van der Waals surface area contributed by atoms with Gasteiger partial charge in [0.2, 0.25) is 0 Å². The maximum Gasteiger partial charge on any atom is 0.345 e. The van der Waals surface area contributed by atoms with Crippen LogP contribution in [0.1, 0.15) is 10.6 Å². The van der Waals surface area contributed by atoms with Crippen molar-refractivity contribution in [3.8, 4) is 23.1 Å². The van der Waals surface area contributed by atoms with Gasteiger partial charge in [0.05, 0.1) is 29.5 Å². The molecule has 2 aromatic carbocycles. The third-order valence-electron chi connectivity index (χ3n) is 5.07. The van der Waals surface area contributed by atoms with Crippen molar-refractivity contribution in [3.05, 3.63) is 86.1 Å². The third kappa shape index (κ3) is 3.98. The second-order valence-electron chi connectivity index (χ2n) is 7.12. The summed E-state index contributed by atoms with van der Waals surface area (Å²) in [6, 6.07) is 18.5. The molecule has 5 aromatic rings. The van der Waals surface area contributed by atoms with Crippen molar-refractivity contribution in [2.75, 3.05) is 7.11 Å². The number of benzene rings is 2. The van der Waals surface area contributed by atoms with E-state index in [9.17, 15) is 10.1 Å². The van der Waals surface area contributed by atoms with Crippen LogP contribution in [-0.2, 0) is 0 Å². The minimum absolute atomic E-state index is 0.271. The summed E-state index contributed by atoms with van der Waals surface area (Å²) in [6.45, 7) is 0. The van der Waals surface area contributed by atoms with E-state index in [1.807, 2.05) is 36.4 Å². The Morgan fingerprint density at radius 2 is 2.00 bits per heavy atom. The lowest BCUT2D eigenvalue weighted by Gasteiger charge is -2.05. The second-order valence-corrected chi connectivity index (χ2v) is 8.34. The molecule has 0 aliphatic rings. The fourth-order valence-corrected chi connectivity index (χ4v) is 4.42. The minimum Gasteiger partial charge on any atom is -0.497 e. The summed E-state index contributed by atoms with van der Waals surface area (Å²) in [5, 5.41) is 13.9. The van der Waals surface area contributed by atoms with Gasteiger partial charge in [-0.3, -0.25) is 0 Å². The van der Waals surface area contributed by atoms with Crippen LogP contribution in [0, 0.1) is 11.3 Å². The number of methoxy groups -OCH3 is 1. The Labute approximate surface area is 197 Å². The molecule has 0 aliphatic heterocycles. The predicted molar refractivity (Wildman–Crippen MR) is 130 cm³/mol. The average molecular weight is 472 g/mol. The van der Waals surface area contributed by atoms with E-state index in [2.05, 4.69) is 16.0 Å². The van der Waals surface area contributed by atoms with Gasteiger partial charge < -0.3 is 9.15 Å². The fraction of sp³-hybridized carbons (Fsp3) is 0.0400. The number of halogens is 1.